The van der Waals surface area contributed by atoms with Gasteiger partial charge in [0.05, 0.1) is 28.9 Å². The Labute approximate surface area is 351 Å². The zero-order valence-corrected chi connectivity index (χ0v) is 37.0. The van der Waals surface area contributed by atoms with Crippen LogP contribution in [0.2, 0.25) is 0 Å². The van der Waals surface area contributed by atoms with Gasteiger partial charge in [0, 0.05) is 65.9 Å². The van der Waals surface area contributed by atoms with Crippen molar-refractivity contribution in [1.82, 2.24) is 25.3 Å². The Balaban J connectivity index is 1.21. The molecule has 11 nitrogen and oxygen atoms in total. The third-order valence-corrected chi connectivity index (χ3v) is 13.2. The van der Waals surface area contributed by atoms with Crippen LogP contribution < -0.4 is 5.32 Å². The third-order valence-electron chi connectivity index (χ3n) is 11.8. The second-order valence-corrected chi connectivity index (χ2v) is 17.1. The van der Waals surface area contributed by atoms with Crippen LogP contribution in [0.25, 0.3) is 50.9 Å². The van der Waals surface area contributed by atoms with Gasteiger partial charge in [0.25, 0.3) is 0 Å². The van der Waals surface area contributed by atoms with Gasteiger partial charge in [-0.3, -0.25) is 14.4 Å². The summed E-state index contributed by atoms with van der Waals surface area (Å²) in [5, 5.41) is 3.11. The second kappa shape index (κ2) is 18.5. The van der Waals surface area contributed by atoms with Crippen LogP contribution in [-0.2, 0) is 35.0 Å². The van der Waals surface area contributed by atoms with Crippen molar-refractivity contribution in [3.05, 3.63) is 75.4 Å². The third kappa shape index (κ3) is 9.29. The van der Waals surface area contributed by atoms with Crippen LogP contribution in [0.1, 0.15) is 125 Å². The number of allylic oxidation sites excluding steroid dienone is 3. The number of aromatic amines is 2. The van der Waals surface area contributed by atoms with Gasteiger partial charge in [-0.05, 0) is 124 Å². The molecule has 8 bridgehead atoms. The average Bonchev–Trinajstić information content (AvgIpc) is 3.89. The van der Waals surface area contributed by atoms with Gasteiger partial charge in [0.1, 0.15) is 11.5 Å². The first-order chi connectivity index (χ1) is 28.1. The van der Waals surface area contributed by atoms with E-state index in [4.69, 9.17) is 24.2 Å². The molecule has 1 amide bonds. The predicted molar refractivity (Wildman–Crippen MR) is 239 cm³/mol. The van der Waals surface area contributed by atoms with Crippen LogP contribution in [-0.4, -0.2) is 73.8 Å². The van der Waals surface area contributed by atoms with E-state index in [1.165, 1.54) is 25.0 Å². The van der Waals surface area contributed by atoms with Gasteiger partial charge in [-0.2, -0.15) is 0 Å². The summed E-state index contributed by atoms with van der Waals surface area (Å²) in [6.07, 6.45) is 5.43. The zero-order chi connectivity index (χ0) is 42.7. The smallest absolute Gasteiger partial charge is 0.303 e. The maximum Gasteiger partial charge on any atom is 0.303 e. The average molecular weight is 822 g/mol. The fourth-order valence-corrected chi connectivity index (χ4v) is 9.65. The van der Waals surface area contributed by atoms with Crippen molar-refractivity contribution >= 4 is 80.5 Å². The predicted octanol–water partition coefficient (Wildman–Crippen LogP) is 9.59. The molecular weight excluding hydrogens is 763 g/mol. The summed E-state index contributed by atoms with van der Waals surface area (Å²) in [4.78, 5) is 54.9. The van der Waals surface area contributed by atoms with Crippen molar-refractivity contribution in [2.45, 2.75) is 125 Å². The molecule has 12 heteroatoms. The lowest BCUT2D eigenvalue weighted by molar-refractivity contribution is -0.210. The Morgan fingerprint density at radius 3 is 2.25 bits per heavy atom. The van der Waals surface area contributed by atoms with Crippen LogP contribution in [0, 0.1) is 26.7 Å². The van der Waals surface area contributed by atoms with E-state index in [0.29, 0.717) is 25.8 Å². The van der Waals surface area contributed by atoms with Gasteiger partial charge in [0.15, 0.2) is 6.10 Å². The molecule has 1 unspecified atom stereocenters. The van der Waals surface area contributed by atoms with Gasteiger partial charge < -0.3 is 29.5 Å². The van der Waals surface area contributed by atoms with Gasteiger partial charge in [-0.25, -0.2) is 9.97 Å². The number of amides is 1. The molecule has 6 heterocycles. The molecule has 314 valence electrons. The first kappa shape index (κ1) is 43.6. The monoisotopic (exact) mass is 821 g/mol. The lowest BCUT2D eigenvalue weighted by Crippen LogP contribution is -2.55. The second-order valence-electron chi connectivity index (χ2n) is 15.9. The molecule has 3 N–H and O–H groups in total. The molecule has 3 aromatic heterocycles. The number of aromatic nitrogens is 4. The summed E-state index contributed by atoms with van der Waals surface area (Å²) in [5.41, 5.74) is 16.0. The topological polar surface area (TPSA) is 148 Å². The van der Waals surface area contributed by atoms with Gasteiger partial charge in [-0.15, -0.1) is 11.8 Å². The largest absolute Gasteiger partial charge is 0.458 e. The quantitative estimate of drug-likeness (QED) is 0.113. The van der Waals surface area contributed by atoms with Crippen LogP contribution >= 0.6 is 11.8 Å². The van der Waals surface area contributed by atoms with Crippen molar-refractivity contribution < 1.29 is 28.6 Å². The number of hydrogen-bond donors (Lipinski definition) is 3. The number of carbonyl (C=O) groups is 3. The molecule has 1 fully saturated rings. The van der Waals surface area contributed by atoms with Crippen molar-refractivity contribution in [2.24, 2.45) is 5.92 Å². The van der Waals surface area contributed by atoms with Gasteiger partial charge >= 0.3 is 11.9 Å². The summed E-state index contributed by atoms with van der Waals surface area (Å²) >= 11 is 1.62. The van der Waals surface area contributed by atoms with Crippen LogP contribution in [0.3, 0.4) is 0 Å². The highest BCUT2D eigenvalue weighted by Crippen LogP contribution is 2.39. The highest BCUT2D eigenvalue weighted by atomic mass is 32.2. The van der Waals surface area contributed by atoms with E-state index in [2.05, 4.69) is 87.7 Å². The Kier molecular flexibility index (Phi) is 13.7. The molecular formula is C47H59N5O6S. The van der Waals surface area contributed by atoms with E-state index in [-0.39, 0.29) is 17.3 Å². The van der Waals surface area contributed by atoms with E-state index in [1.807, 2.05) is 19.9 Å². The number of nitrogens with zero attached hydrogens (tertiary/aromatic N) is 2. The number of nitrogens with one attached hydrogen (secondary N) is 3. The first-order valence-corrected chi connectivity index (χ1v) is 21.8. The summed E-state index contributed by atoms with van der Waals surface area (Å²) in [6.45, 7) is 24.0. The molecule has 0 aliphatic carbocycles. The Morgan fingerprint density at radius 2 is 1.58 bits per heavy atom. The van der Waals surface area contributed by atoms with Gasteiger partial charge in [0.2, 0.25) is 5.91 Å². The fourth-order valence-electron chi connectivity index (χ4n) is 8.43. The number of carbonyl (C=O) groups excluding carboxylic acids is 3. The van der Waals surface area contributed by atoms with E-state index in [9.17, 15) is 14.4 Å². The molecule has 3 aliphatic rings. The molecule has 3 aromatic rings. The SMILES string of the molecule is C=Cc1c(C)c2cc3nc(c(C)c4nc(cc5[nH]c(cc1[nH]2)c(C)c5CC)C(C)=C4)C(CCC(=O)NCCCS[C@@H]1O[C@H](CC)C(OC(C)=O)[C@H](OC(C)=O)[C@H]1C)=C3C. The van der Waals surface area contributed by atoms with E-state index in [0.717, 1.165) is 96.8 Å². The number of esters is 2. The van der Waals surface area contributed by atoms with Crippen molar-refractivity contribution in [3.8, 4) is 0 Å². The van der Waals surface area contributed by atoms with Gasteiger partial charge in [-0.1, -0.05) is 33.4 Å². The number of aryl methyl sites for hydroxylation is 3. The number of fused-ring (bicyclic) bond motifs is 8. The maximum absolute atomic E-state index is 13.3. The molecule has 6 rings (SSSR count). The maximum atomic E-state index is 13.3. The first-order valence-electron chi connectivity index (χ1n) is 20.8. The minimum absolute atomic E-state index is 0.0297. The van der Waals surface area contributed by atoms with E-state index >= 15 is 0 Å². The number of H-pyrrole nitrogens is 2. The molecule has 59 heavy (non-hydrogen) atoms. The molecule has 0 aromatic carbocycles. The molecule has 0 spiro atoms. The van der Waals surface area contributed by atoms with Crippen LogP contribution in [0.4, 0.5) is 0 Å². The normalized spacial score (nSPS) is 20.3. The molecule has 3 aliphatic heterocycles. The summed E-state index contributed by atoms with van der Waals surface area (Å²) in [5.74, 6) is -0.369. The standard InChI is InChI=1S/C47H59N5O6S/c1-12-32-26(6)38-23-41-33(13-2)25(5)37(50-41)22-39-27(7)34(44(52-39)28(8)36-20-24(4)35(49-36)21-40(32)51-38)16-17-43(55)48-18-15-19-59-47-29(9)45(56-30(10)53)46(57-31(11)54)42(14-3)58-47/h13,20-23,29,42,45-47,50-51H,2,12,14-19H2,1,3-11H3,(H,48,55)/t29-,42-,45-,46?,47+/m1/s1. The van der Waals surface area contributed by atoms with Crippen LogP contribution in [0.15, 0.2) is 24.8 Å². The summed E-state index contributed by atoms with van der Waals surface area (Å²) in [7, 11) is 0. The van der Waals surface area contributed by atoms with Crippen molar-refractivity contribution in [3.63, 3.8) is 0 Å². The molecule has 0 radical (unpaired) electrons. The highest BCUT2D eigenvalue weighted by molar-refractivity contribution is 7.99. The summed E-state index contributed by atoms with van der Waals surface area (Å²) in [6, 6.07) is 6.43. The molecule has 5 atom stereocenters. The highest BCUT2D eigenvalue weighted by Gasteiger charge is 2.47. The van der Waals surface area contributed by atoms with Crippen molar-refractivity contribution in [1.29, 1.82) is 0 Å². The number of rotatable bonds is 13. The molecule has 0 saturated carbocycles. The molecule has 1 saturated heterocycles. The minimum atomic E-state index is -0.661. The number of hydrogen-bond acceptors (Lipinski definition) is 9. The minimum Gasteiger partial charge on any atom is -0.458 e. The van der Waals surface area contributed by atoms with E-state index in [1.54, 1.807) is 11.8 Å². The summed E-state index contributed by atoms with van der Waals surface area (Å²) < 4.78 is 17.6. The lowest BCUT2D eigenvalue weighted by Gasteiger charge is -2.44. The lowest BCUT2D eigenvalue weighted by atomic mass is 9.92. The van der Waals surface area contributed by atoms with Crippen molar-refractivity contribution in [2.75, 3.05) is 12.3 Å². The Bertz CT molecular complexity index is 2390. The number of thioether (sulfide) groups is 1. The Morgan fingerprint density at radius 1 is 0.898 bits per heavy atom. The zero-order valence-electron chi connectivity index (χ0n) is 36.2. The fraction of sp³-hybridized carbons (Fsp3) is 0.468. The Hall–Kier alpha value is -4.94. The van der Waals surface area contributed by atoms with Crippen LogP contribution in [0.5, 0.6) is 0 Å². The van der Waals surface area contributed by atoms with E-state index < -0.39 is 30.3 Å². The number of ether oxygens (including phenoxy) is 3.